The lowest BCUT2D eigenvalue weighted by atomic mass is 10.1. The Hall–Kier alpha value is -1.40. The van der Waals surface area contributed by atoms with Crippen LogP contribution in [0.25, 0.3) is 0 Å². The van der Waals surface area contributed by atoms with Gasteiger partial charge >= 0.3 is 0 Å². The van der Waals surface area contributed by atoms with E-state index in [1.165, 1.54) is 0 Å². The molecule has 20 heavy (non-hydrogen) atoms. The maximum absolute atomic E-state index is 12.3. The molecule has 1 aromatic rings. The van der Waals surface area contributed by atoms with Gasteiger partial charge in [-0.2, -0.15) is 0 Å². The van der Waals surface area contributed by atoms with Crippen LogP contribution < -0.4 is 5.32 Å². The van der Waals surface area contributed by atoms with E-state index in [4.69, 9.17) is 4.52 Å². The maximum Gasteiger partial charge on any atom is 0.227 e. The zero-order valence-electron chi connectivity index (χ0n) is 12.0. The predicted molar refractivity (Wildman–Crippen MR) is 74.1 cm³/mol. The van der Waals surface area contributed by atoms with Gasteiger partial charge in [-0.25, -0.2) is 0 Å². The molecule has 2 aliphatic rings. The molecular formula is C14H22N4O2. The van der Waals surface area contributed by atoms with E-state index in [9.17, 15) is 4.79 Å². The molecule has 3 rings (SSSR count). The molecule has 0 saturated carbocycles. The molecule has 1 aromatic heterocycles. The average Bonchev–Trinajstić information content (AvgIpc) is 3.11. The molecule has 1 unspecified atom stereocenters. The van der Waals surface area contributed by atoms with Crippen molar-refractivity contribution < 1.29 is 9.32 Å². The number of aryl methyl sites for hydroxylation is 1. The van der Waals surface area contributed by atoms with Gasteiger partial charge in [0.05, 0.1) is 18.2 Å². The van der Waals surface area contributed by atoms with Gasteiger partial charge in [-0.1, -0.05) is 5.16 Å². The highest BCUT2D eigenvalue weighted by Gasteiger charge is 2.29. The minimum atomic E-state index is 0.193. The Morgan fingerprint density at radius 3 is 2.85 bits per heavy atom. The zero-order chi connectivity index (χ0) is 13.9. The van der Waals surface area contributed by atoms with Gasteiger partial charge in [-0.15, -0.1) is 0 Å². The van der Waals surface area contributed by atoms with Crippen molar-refractivity contribution in [2.45, 2.75) is 19.9 Å². The van der Waals surface area contributed by atoms with Crippen LogP contribution in [0.2, 0.25) is 0 Å². The third-order valence-corrected chi connectivity index (χ3v) is 4.15. The Labute approximate surface area is 119 Å². The molecule has 0 aromatic carbocycles. The van der Waals surface area contributed by atoms with E-state index in [2.05, 4.69) is 15.4 Å². The number of aromatic nitrogens is 1. The van der Waals surface area contributed by atoms with E-state index in [0.29, 0.717) is 5.91 Å². The predicted octanol–water partition coefficient (Wildman–Crippen LogP) is 0.237. The first kappa shape index (κ1) is 13.6. The minimum absolute atomic E-state index is 0.193. The summed E-state index contributed by atoms with van der Waals surface area (Å²) in [4.78, 5) is 16.6. The van der Waals surface area contributed by atoms with Crippen LogP contribution >= 0.6 is 0 Å². The Morgan fingerprint density at radius 1 is 1.45 bits per heavy atom. The third-order valence-electron chi connectivity index (χ3n) is 4.15. The molecule has 0 radical (unpaired) electrons. The molecule has 1 amide bonds. The summed E-state index contributed by atoms with van der Waals surface area (Å²) in [6.45, 7) is 7.99. The number of piperazine rings is 1. The van der Waals surface area contributed by atoms with Crippen LogP contribution in [-0.4, -0.2) is 60.1 Å². The number of carbonyl (C=O) groups is 1. The van der Waals surface area contributed by atoms with E-state index < -0.39 is 0 Å². The van der Waals surface area contributed by atoms with E-state index in [1.54, 1.807) is 0 Å². The number of amides is 1. The zero-order valence-corrected chi connectivity index (χ0v) is 12.0. The van der Waals surface area contributed by atoms with Gasteiger partial charge in [0.25, 0.3) is 0 Å². The fourth-order valence-electron chi connectivity index (χ4n) is 2.96. The number of hydrogen-bond acceptors (Lipinski definition) is 5. The van der Waals surface area contributed by atoms with Crippen LogP contribution in [0.5, 0.6) is 0 Å². The van der Waals surface area contributed by atoms with Crippen molar-refractivity contribution in [3.63, 3.8) is 0 Å². The second-order valence-corrected chi connectivity index (χ2v) is 5.73. The van der Waals surface area contributed by atoms with Crippen molar-refractivity contribution in [1.82, 2.24) is 20.3 Å². The van der Waals surface area contributed by atoms with Gasteiger partial charge < -0.3 is 14.7 Å². The minimum Gasteiger partial charge on any atom is -0.360 e. The molecule has 0 spiro atoms. The van der Waals surface area contributed by atoms with Gasteiger partial charge in [-0.3, -0.25) is 9.69 Å². The van der Waals surface area contributed by atoms with Crippen LogP contribution in [-0.2, 0) is 11.3 Å². The number of rotatable bonds is 3. The summed E-state index contributed by atoms with van der Waals surface area (Å²) >= 11 is 0. The molecule has 110 valence electrons. The maximum atomic E-state index is 12.3. The van der Waals surface area contributed by atoms with Gasteiger partial charge in [0, 0.05) is 38.8 Å². The first-order valence-corrected chi connectivity index (χ1v) is 7.36. The van der Waals surface area contributed by atoms with Gasteiger partial charge in [-0.05, 0) is 19.9 Å². The van der Waals surface area contributed by atoms with E-state index >= 15 is 0 Å². The fraction of sp³-hybridized carbons (Fsp3) is 0.714. The number of hydrogen-bond donors (Lipinski definition) is 1. The summed E-state index contributed by atoms with van der Waals surface area (Å²) in [7, 11) is 0. The topological polar surface area (TPSA) is 61.6 Å². The molecule has 6 nitrogen and oxygen atoms in total. The van der Waals surface area contributed by atoms with Crippen molar-refractivity contribution in [1.29, 1.82) is 0 Å². The molecular weight excluding hydrogens is 256 g/mol. The Balaban J connectivity index is 1.48. The number of nitrogens with zero attached hydrogens (tertiary/aromatic N) is 3. The highest BCUT2D eigenvalue weighted by Crippen LogP contribution is 2.15. The Kier molecular flexibility index (Phi) is 4.03. The standard InChI is InChI=1S/C14H22N4O2/c1-11-8-13(20-16-11)10-17-4-6-18(7-5-17)14(19)12-2-3-15-9-12/h8,12,15H,2-7,9-10H2,1H3. The van der Waals surface area contributed by atoms with Crippen LogP contribution in [0, 0.1) is 12.8 Å². The van der Waals surface area contributed by atoms with Crippen LogP contribution in [0.4, 0.5) is 0 Å². The van der Waals surface area contributed by atoms with Gasteiger partial charge in [0.2, 0.25) is 5.91 Å². The SMILES string of the molecule is Cc1cc(CN2CCN(C(=O)C3CCNC3)CC2)on1. The molecule has 2 fully saturated rings. The first-order chi connectivity index (χ1) is 9.72. The quantitative estimate of drug-likeness (QED) is 0.858. The Morgan fingerprint density at radius 2 is 2.25 bits per heavy atom. The summed E-state index contributed by atoms with van der Waals surface area (Å²) in [6.07, 6.45) is 0.983. The summed E-state index contributed by atoms with van der Waals surface area (Å²) in [5, 5.41) is 7.16. The molecule has 6 heteroatoms. The van der Waals surface area contributed by atoms with Gasteiger partial charge in [0.15, 0.2) is 5.76 Å². The van der Waals surface area contributed by atoms with E-state index in [-0.39, 0.29) is 5.92 Å². The highest BCUT2D eigenvalue weighted by molar-refractivity contribution is 5.79. The molecule has 0 bridgehead atoms. The normalized spacial score (nSPS) is 24.2. The van der Waals surface area contributed by atoms with E-state index in [0.717, 1.165) is 63.7 Å². The van der Waals surface area contributed by atoms with E-state index in [1.807, 2.05) is 17.9 Å². The van der Waals surface area contributed by atoms with Crippen molar-refractivity contribution in [3.05, 3.63) is 17.5 Å². The highest BCUT2D eigenvalue weighted by atomic mass is 16.5. The lowest BCUT2D eigenvalue weighted by molar-refractivity contribution is -0.136. The summed E-state index contributed by atoms with van der Waals surface area (Å²) in [5.74, 6) is 1.42. The lowest BCUT2D eigenvalue weighted by Gasteiger charge is -2.35. The summed E-state index contributed by atoms with van der Waals surface area (Å²) in [5.41, 5.74) is 0.919. The molecule has 3 heterocycles. The van der Waals surface area contributed by atoms with Crippen LogP contribution in [0.15, 0.2) is 10.6 Å². The van der Waals surface area contributed by atoms with Crippen molar-refractivity contribution in [3.8, 4) is 0 Å². The van der Waals surface area contributed by atoms with Crippen LogP contribution in [0.3, 0.4) is 0 Å². The summed E-state index contributed by atoms with van der Waals surface area (Å²) in [6, 6.07) is 1.97. The van der Waals surface area contributed by atoms with Gasteiger partial charge in [0.1, 0.15) is 0 Å². The van der Waals surface area contributed by atoms with Crippen molar-refractivity contribution >= 4 is 5.91 Å². The molecule has 2 saturated heterocycles. The monoisotopic (exact) mass is 278 g/mol. The Bertz CT molecular complexity index is 459. The third kappa shape index (κ3) is 3.02. The summed E-state index contributed by atoms with van der Waals surface area (Å²) < 4.78 is 5.24. The molecule has 0 aliphatic carbocycles. The molecule has 1 N–H and O–H groups in total. The number of carbonyl (C=O) groups excluding carboxylic acids is 1. The fourth-order valence-corrected chi connectivity index (χ4v) is 2.96. The molecule has 1 atom stereocenters. The molecule has 2 aliphatic heterocycles. The smallest absolute Gasteiger partial charge is 0.227 e. The second-order valence-electron chi connectivity index (χ2n) is 5.73. The van der Waals surface area contributed by atoms with Crippen molar-refractivity contribution in [2.75, 3.05) is 39.3 Å². The second kappa shape index (κ2) is 5.93. The number of nitrogens with one attached hydrogen (secondary N) is 1. The average molecular weight is 278 g/mol. The van der Waals surface area contributed by atoms with Crippen molar-refractivity contribution in [2.24, 2.45) is 5.92 Å². The largest absolute Gasteiger partial charge is 0.360 e. The lowest BCUT2D eigenvalue weighted by Crippen LogP contribution is -2.50. The first-order valence-electron chi connectivity index (χ1n) is 7.36. The van der Waals surface area contributed by atoms with Crippen LogP contribution in [0.1, 0.15) is 17.9 Å².